The van der Waals surface area contributed by atoms with Crippen LogP contribution in [0.25, 0.3) is 0 Å². The summed E-state index contributed by atoms with van der Waals surface area (Å²) in [6.07, 6.45) is 0.248. The van der Waals surface area contributed by atoms with Gasteiger partial charge in [-0.05, 0) is 36.1 Å². The van der Waals surface area contributed by atoms with Crippen molar-refractivity contribution >= 4 is 67.7 Å². The Morgan fingerprint density at radius 3 is 1.43 bits per heavy atom. The molecule has 15 heteroatoms. The first kappa shape index (κ1) is 34.5. The number of rotatable bonds is 10. The number of hydrogen-bond acceptors (Lipinski definition) is 10. The molecule has 2 saturated heterocycles. The fraction of sp³-hybridized carbons (Fsp3) is 0.353. The van der Waals surface area contributed by atoms with Crippen LogP contribution in [-0.2, 0) is 50.5 Å². The molecule has 4 heterocycles. The molecule has 0 radical (unpaired) electrons. The fourth-order valence-corrected chi connectivity index (χ4v) is 9.81. The molecular weight excluding hydrogens is 685 g/mol. The topological polar surface area (TPSA) is 151 Å². The quantitative estimate of drug-likeness (QED) is 0.277. The first-order valence-electron chi connectivity index (χ1n) is 15.8. The van der Waals surface area contributed by atoms with Gasteiger partial charge < -0.3 is 19.5 Å². The van der Waals surface area contributed by atoms with Gasteiger partial charge >= 0.3 is 20.5 Å². The van der Waals surface area contributed by atoms with Crippen molar-refractivity contribution in [2.45, 2.75) is 62.6 Å². The number of β-lactam (4-membered cyclic amide) rings is 2. The van der Waals surface area contributed by atoms with Crippen LogP contribution >= 0.6 is 23.5 Å². The minimum atomic E-state index is -3.53. The van der Waals surface area contributed by atoms with Crippen molar-refractivity contribution in [1.82, 2.24) is 20.4 Å². The van der Waals surface area contributed by atoms with E-state index < -0.39 is 55.1 Å². The van der Waals surface area contributed by atoms with Crippen molar-refractivity contribution in [1.29, 1.82) is 0 Å². The predicted molar refractivity (Wildman–Crippen MR) is 185 cm³/mol. The zero-order valence-electron chi connectivity index (χ0n) is 27.4. The molecule has 4 aliphatic rings. The van der Waals surface area contributed by atoms with Crippen molar-refractivity contribution in [2.24, 2.45) is 0 Å². The van der Waals surface area contributed by atoms with E-state index in [-0.39, 0.29) is 36.1 Å². The summed E-state index contributed by atoms with van der Waals surface area (Å²) in [4.78, 5) is 81.6. The summed E-state index contributed by atoms with van der Waals surface area (Å²) in [6.45, 7) is 6.53. The maximum Gasteiger partial charge on any atom is 0.458 e. The van der Waals surface area contributed by atoms with Gasteiger partial charge in [0, 0.05) is 24.6 Å². The third-order valence-electron chi connectivity index (χ3n) is 8.43. The largest absolute Gasteiger partial charge is 0.480 e. The first-order chi connectivity index (χ1) is 23.3. The van der Waals surface area contributed by atoms with Gasteiger partial charge in [0.1, 0.15) is 34.2 Å². The van der Waals surface area contributed by atoms with Crippen LogP contribution in [0.5, 0.6) is 0 Å². The van der Waals surface area contributed by atoms with E-state index in [1.165, 1.54) is 46.4 Å². The highest BCUT2D eigenvalue weighted by Crippen LogP contribution is 2.42. The minimum Gasteiger partial charge on any atom is -0.480 e. The van der Waals surface area contributed by atoms with E-state index in [2.05, 4.69) is 10.6 Å². The van der Waals surface area contributed by atoms with Crippen LogP contribution in [0.4, 0.5) is 0 Å². The van der Waals surface area contributed by atoms with Gasteiger partial charge in [-0.25, -0.2) is 9.59 Å². The molecule has 12 nitrogen and oxygen atoms in total. The molecule has 0 saturated carbocycles. The summed E-state index contributed by atoms with van der Waals surface area (Å²) in [5, 5.41) is 4.63. The Bertz CT molecular complexity index is 1660. The molecule has 49 heavy (non-hydrogen) atoms. The van der Waals surface area contributed by atoms with Crippen LogP contribution < -0.4 is 10.6 Å². The highest BCUT2D eigenvalue weighted by Gasteiger charge is 2.56. The molecule has 6 rings (SSSR count). The number of fused-ring (bicyclic) bond motifs is 2. The van der Waals surface area contributed by atoms with Crippen molar-refractivity contribution in [2.75, 3.05) is 11.5 Å². The van der Waals surface area contributed by atoms with Crippen LogP contribution in [0, 0.1) is 0 Å². The third kappa shape index (κ3) is 7.05. The summed E-state index contributed by atoms with van der Waals surface area (Å²) < 4.78 is 11.6. The van der Waals surface area contributed by atoms with Gasteiger partial charge in [-0.3, -0.25) is 29.0 Å². The fourth-order valence-electron chi connectivity index (χ4n) is 6.10. The Hall–Kier alpha value is -4.34. The number of amides is 4. The highest BCUT2D eigenvalue weighted by atomic mass is 32.2. The summed E-state index contributed by atoms with van der Waals surface area (Å²) in [6, 6.07) is 16.8. The number of carbonyl (C=O) groups is 6. The Morgan fingerprint density at radius 2 is 1.06 bits per heavy atom. The van der Waals surface area contributed by atoms with Gasteiger partial charge in [0.05, 0.1) is 12.8 Å². The van der Waals surface area contributed by atoms with Crippen LogP contribution in [-0.4, -0.2) is 88.3 Å². The lowest BCUT2D eigenvalue weighted by Crippen LogP contribution is -2.71. The molecule has 4 amide bonds. The molecule has 2 aromatic rings. The summed E-state index contributed by atoms with van der Waals surface area (Å²) >= 11 is 2.88. The predicted octanol–water partition coefficient (Wildman–Crippen LogP) is 2.61. The molecular formula is C34H36N4O8S2Si. The van der Waals surface area contributed by atoms with Crippen molar-refractivity contribution < 1.29 is 37.6 Å². The van der Waals surface area contributed by atoms with E-state index in [4.69, 9.17) is 8.85 Å². The molecule has 0 aliphatic carbocycles. The molecule has 4 unspecified atom stereocenters. The van der Waals surface area contributed by atoms with Crippen LogP contribution in [0.1, 0.15) is 25.0 Å². The van der Waals surface area contributed by atoms with E-state index in [0.29, 0.717) is 22.7 Å². The minimum absolute atomic E-state index is 0.0791. The Balaban J connectivity index is 1.06. The first-order valence-corrected chi connectivity index (χ1v) is 20.7. The molecule has 0 spiro atoms. The van der Waals surface area contributed by atoms with Crippen LogP contribution in [0.2, 0.25) is 13.1 Å². The maximum atomic E-state index is 13.6. The van der Waals surface area contributed by atoms with E-state index in [9.17, 15) is 28.8 Å². The second kappa shape index (κ2) is 13.9. The van der Waals surface area contributed by atoms with E-state index in [1.54, 1.807) is 13.8 Å². The summed E-state index contributed by atoms with van der Waals surface area (Å²) in [5.41, 5.74) is 3.05. The van der Waals surface area contributed by atoms with Gasteiger partial charge in [0.15, 0.2) is 0 Å². The van der Waals surface area contributed by atoms with Crippen LogP contribution in [0.15, 0.2) is 83.2 Å². The Kier molecular flexibility index (Phi) is 9.78. The third-order valence-corrected chi connectivity index (χ3v) is 12.6. The summed E-state index contributed by atoms with van der Waals surface area (Å²) in [5.74, 6) is -2.14. The number of hydrogen-bond donors (Lipinski definition) is 2. The van der Waals surface area contributed by atoms with E-state index in [0.717, 1.165) is 11.1 Å². The number of thioether (sulfide) groups is 2. The van der Waals surface area contributed by atoms with Gasteiger partial charge in [-0.2, -0.15) is 0 Å². The molecule has 2 aromatic carbocycles. The van der Waals surface area contributed by atoms with E-state index in [1.807, 2.05) is 60.7 Å². The Labute approximate surface area is 293 Å². The number of nitrogens with zero attached hydrogens (tertiary/aromatic N) is 2. The number of benzene rings is 2. The van der Waals surface area contributed by atoms with Crippen molar-refractivity contribution in [3.63, 3.8) is 0 Å². The molecule has 256 valence electrons. The van der Waals surface area contributed by atoms with Gasteiger partial charge in [0.25, 0.3) is 11.8 Å². The summed E-state index contributed by atoms with van der Waals surface area (Å²) in [7, 11) is -3.53. The van der Waals surface area contributed by atoms with E-state index >= 15 is 0 Å². The average Bonchev–Trinajstić information content (AvgIpc) is 3.06. The molecule has 2 N–H and O–H groups in total. The smallest absolute Gasteiger partial charge is 0.458 e. The van der Waals surface area contributed by atoms with Crippen LogP contribution in [0.3, 0.4) is 0 Å². The Morgan fingerprint density at radius 1 is 0.694 bits per heavy atom. The lowest BCUT2D eigenvalue weighted by molar-refractivity contribution is -0.152. The van der Waals surface area contributed by atoms with Crippen molar-refractivity contribution in [3.8, 4) is 0 Å². The second-order valence-corrected chi connectivity index (χ2v) is 18.1. The lowest BCUT2D eigenvalue weighted by atomic mass is 10.0. The standard InChI is InChI=1S/C34H36N4O8S2Si/c1-19-17-47-31-25(35-23(39)15-21-11-7-5-8-12-21)29(41)37(31)27(19)33(43)45-49(3,4)46-34(44)28-20(2)18-48-32-26(30(42)38(28)32)36-24(40)16-22-13-9-6-10-14-22/h5-14,25-26,31-32H,15-18H2,1-4H3,(H,35,39)(H,36,40). The zero-order chi connectivity index (χ0) is 35.0. The second-order valence-electron chi connectivity index (χ2n) is 12.7. The molecule has 0 aromatic heterocycles. The molecule has 4 aliphatic heterocycles. The molecule has 4 atom stereocenters. The SMILES string of the molecule is CC1=C(C(=O)O[Si](C)(C)OC(=O)C2=C(C)CSC3C(NC(=O)Cc4ccccc4)C(=O)N23)N2C(=O)C(NC(=O)Cc3ccccc3)C2SC1. The molecule has 2 fully saturated rings. The normalized spacial score (nSPS) is 23.1. The number of nitrogens with one attached hydrogen (secondary N) is 2. The lowest BCUT2D eigenvalue weighted by Gasteiger charge is -2.50. The van der Waals surface area contributed by atoms with Gasteiger partial charge in [0.2, 0.25) is 11.8 Å². The maximum absolute atomic E-state index is 13.6. The molecule has 0 bridgehead atoms. The van der Waals surface area contributed by atoms with Gasteiger partial charge in [-0.1, -0.05) is 60.7 Å². The highest BCUT2D eigenvalue weighted by molar-refractivity contribution is 8.00. The van der Waals surface area contributed by atoms with Gasteiger partial charge in [-0.15, -0.1) is 23.5 Å². The monoisotopic (exact) mass is 720 g/mol. The average molecular weight is 721 g/mol. The zero-order valence-corrected chi connectivity index (χ0v) is 30.0. The van der Waals surface area contributed by atoms with Crippen molar-refractivity contribution in [3.05, 3.63) is 94.3 Å². The number of carbonyl (C=O) groups excluding carboxylic acids is 6.